The summed E-state index contributed by atoms with van der Waals surface area (Å²) in [5.41, 5.74) is 1.81. The molecule has 180 valence electrons. The van der Waals surface area contributed by atoms with E-state index in [0.717, 1.165) is 53.8 Å². The molecule has 1 aromatic heterocycles. The van der Waals surface area contributed by atoms with Crippen LogP contribution in [0.5, 0.6) is 0 Å². The van der Waals surface area contributed by atoms with Gasteiger partial charge in [0, 0.05) is 74.2 Å². The number of rotatable bonds is 4. The van der Waals surface area contributed by atoms with Gasteiger partial charge in [0.25, 0.3) is 0 Å². The number of hydrogen-bond donors (Lipinski definition) is 0. The van der Waals surface area contributed by atoms with Crippen molar-refractivity contribution in [1.29, 1.82) is 0 Å². The Hall–Kier alpha value is -2.68. The predicted octanol–water partition coefficient (Wildman–Crippen LogP) is 3.24. The number of carbonyl (C=O) groups excluding carboxylic acids is 2. The molecule has 1 atom stereocenters. The van der Waals surface area contributed by atoms with Crippen molar-refractivity contribution in [3.05, 3.63) is 40.5 Å². The molecule has 3 saturated heterocycles. The van der Waals surface area contributed by atoms with Gasteiger partial charge in [-0.2, -0.15) is 4.98 Å². The number of piperidine rings is 1. The van der Waals surface area contributed by atoms with Gasteiger partial charge < -0.3 is 19.6 Å². The fourth-order valence-electron chi connectivity index (χ4n) is 5.11. The van der Waals surface area contributed by atoms with E-state index in [4.69, 9.17) is 4.98 Å². The first-order valence-corrected chi connectivity index (χ1v) is 13.0. The fourth-order valence-corrected chi connectivity index (χ4v) is 5.50. The molecule has 2 aromatic rings. The van der Waals surface area contributed by atoms with Crippen LogP contribution in [0.4, 0.5) is 17.5 Å². The van der Waals surface area contributed by atoms with E-state index in [1.807, 2.05) is 42.2 Å². The van der Waals surface area contributed by atoms with Gasteiger partial charge in [0.2, 0.25) is 17.8 Å². The van der Waals surface area contributed by atoms with E-state index in [9.17, 15) is 9.59 Å². The van der Waals surface area contributed by atoms with Crippen molar-refractivity contribution in [1.82, 2.24) is 14.9 Å². The van der Waals surface area contributed by atoms with Crippen molar-refractivity contribution in [2.45, 2.75) is 32.6 Å². The van der Waals surface area contributed by atoms with Crippen LogP contribution in [-0.4, -0.2) is 72.5 Å². The second-order valence-electron chi connectivity index (χ2n) is 9.41. The molecule has 8 nitrogen and oxygen atoms in total. The molecule has 0 radical (unpaired) electrons. The molecule has 2 amide bonds. The third-order valence-corrected chi connectivity index (χ3v) is 7.47. The monoisotopic (exact) mass is 526 g/mol. The number of piperazine rings is 1. The molecule has 0 saturated carbocycles. The smallest absolute Gasteiger partial charge is 0.228 e. The Kier molecular flexibility index (Phi) is 6.72. The first-order valence-electron chi connectivity index (χ1n) is 12.2. The highest BCUT2D eigenvalue weighted by Crippen LogP contribution is 2.29. The number of aromatic nitrogens is 2. The lowest BCUT2D eigenvalue weighted by atomic mass is 10.1. The number of amides is 2. The summed E-state index contributed by atoms with van der Waals surface area (Å²) in [6, 6.07) is 9.71. The number of nitrogens with zero attached hydrogens (tertiary/aromatic N) is 6. The van der Waals surface area contributed by atoms with Crippen molar-refractivity contribution in [3.63, 3.8) is 0 Å². The Morgan fingerprint density at radius 1 is 0.971 bits per heavy atom. The molecule has 9 heteroatoms. The van der Waals surface area contributed by atoms with E-state index in [2.05, 4.69) is 30.7 Å². The van der Waals surface area contributed by atoms with Crippen LogP contribution in [0.1, 0.15) is 31.4 Å². The maximum atomic E-state index is 13.2. The van der Waals surface area contributed by atoms with Crippen molar-refractivity contribution in [2.24, 2.45) is 5.92 Å². The highest BCUT2D eigenvalue weighted by Gasteiger charge is 2.38. The quantitative estimate of drug-likeness (QED) is 0.608. The minimum absolute atomic E-state index is 0.0109. The highest BCUT2D eigenvalue weighted by molar-refractivity contribution is 9.10. The summed E-state index contributed by atoms with van der Waals surface area (Å²) in [5, 5.41) is 0. The zero-order valence-electron chi connectivity index (χ0n) is 19.6. The van der Waals surface area contributed by atoms with E-state index in [-0.39, 0.29) is 24.2 Å². The summed E-state index contributed by atoms with van der Waals surface area (Å²) in [5.74, 6) is 1.57. The van der Waals surface area contributed by atoms with Crippen molar-refractivity contribution < 1.29 is 9.59 Å². The van der Waals surface area contributed by atoms with Crippen LogP contribution in [0, 0.1) is 12.8 Å². The average Bonchev–Trinajstić information content (AvgIpc) is 3.25. The number of benzene rings is 1. The molecule has 4 heterocycles. The molecular formula is C25H31BrN6O2. The first-order chi connectivity index (χ1) is 16.5. The molecule has 0 aliphatic carbocycles. The van der Waals surface area contributed by atoms with Crippen LogP contribution in [0.15, 0.2) is 34.8 Å². The standard InChI is InChI=1S/C25H31BrN6O2/c1-18-14-22(28-25(27-18)31-8-3-2-4-9-31)29-10-12-30(13-11-29)24(34)19-15-23(33)32(17-19)21-7-5-6-20(26)16-21/h5-7,14,16,19H,2-4,8-13,15,17H2,1H3. The van der Waals surface area contributed by atoms with Gasteiger partial charge in [-0.1, -0.05) is 22.0 Å². The second-order valence-corrected chi connectivity index (χ2v) is 10.3. The van der Waals surface area contributed by atoms with Gasteiger partial charge in [0.15, 0.2) is 0 Å². The van der Waals surface area contributed by atoms with Crippen molar-refractivity contribution >= 4 is 45.2 Å². The normalized spacial score (nSPS) is 21.4. The number of hydrogen-bond acceptors (Lipinski definition) is 6. The largest absolute Gasteiger partial charge is 0.353 e. The lowest BCUT2D eigenvalue weighted by Crippen LogP contribution is -2.51. The fraction of sp³-hybridized carbons (Fsp3) is 0.520. The van der Waals surface area contributed by atoms with Gasteiger partial charge in [-0.25, -0.2) is 4.98 Å². The molecule has 34 heavy (non-hydrogen) atoms. The van der Waals surface area contributed by atoms with Crippen LogP contribution in [0.3, 0.4) is 0 Å². The lowest BCUT2D eigenvalue weighted by Gasteiger charge is -2.37. The number of anilines is 3. The lowest BCUT2D eigenvalue weighted by molar-refractivity contribution is -0.136. The topological polar surface area (TPSA) is 72.9 Å². The van der Waals surface area contributed by atoms with Crippen LogP contribution in [0.25, 0.3) is 0 Å². The first kappa shape index (κ1) is 23.1. The maximum absolute atomic E-state index is 13.2. The summed E-state index contributed by atoms with van der Waals surface area (Å²) < 4.78 is 0.923. The van der Waals surface area contributed by atoms with E-state index in [1.165, 1.54) is 19.3 Å². The molecule has 3 fully saturated rings. The van der Waals surface area contributed by atoms with Crippen LogP contribution >= 0.6 is 15.9 Å². The van der Waals surface area contributed by atoms with Crippen LogP contribution in [-0.2, 0) is 9.59 Å². The van der Waals surface area contributed by atoms with Gasteiger partial charge in [-0.3, -0.25) is 9.59 Å². The Balaban J connectivity index is 1.20. The zero-order valence-corrected chi connectivity index (χ0v) is 21.2. The van der Waals surface area contributed by atoms with E-state index in [0.29, 0.717) is 19.6 Å². The van der Waals surface area contributed by atoms with Crippen LogP contribution in [0.2, 0.25) is 0 Å². The molecule has 1 unspecified atom stereocenters. The molecule has 0 spiro atoms. The molecule has 1 aromatic carbocycles. The number of aryl methyl sites for hydroxylation is 1. The molecule has 0 bridgehead atoms. The van der Waals surface area contributed by atoms with Gasteiger partial charge in [-0.15, -0.1) is 0 Å². The predicted molar refractivity (Wildman–Crippen MR) is 136 cm³/mol. The van der Waals surface area contributed by atoms with Crippen molar-refractivity contribution in [2.75, 3.05) is 60.5 Å². The third-order valence-electron chi connectivity index (χ3n) is 6.98. The van der Waals surface area contributed by atoms with Crippen LogP contribution < -0.4 is 14.7 Å². The number of halogens is 1. The Morgan fingerprint density at radius 3 is 2.47 bits per heavy atom. The summed E-state index contributed by atoms with van der Waals surface area (Å²) >= 11 is 3.46. The SMILES string of the molecule is Cc1cc(N2CCN(C(=O)C3CC(=O)N(c4cccc(Br)c4)C3)CC2)nc(N2CCCCC2)n1. The van der Waals surface area contributed by atoms with E-state index >= 15 is 0 Å². The van der Waals surface area contributed by atoms with E-state index < -0.39 is 0 Å². The maximum Gasteiger partial charge on any atom is 0.228 e. The average molecular weight is 527 g/mol. The van der Waals surface area contributed by atoms with Gasteiger partial charge in [0.05, 0.1) is 5.92 Å². The molecular weight excluding hydrogens is 496 g/mol. The molecule has 3 aliphatic heterocycles. The van der Waals surface area contributed by atoms with Gasteiger partial charge in [0.1, 0.15) is 5.82 Å². The minimum Gasteiger partial charge on any atom is -0.353 e. The highest BCUT2D eigenvalue weighted by atomic mass is 79.9. The van der Waals surface area contributed by atoms with Gasteiger partial charge >= 0.3 is 0 Å². The zero-order chi connectivity index (χ0) is 23.7. The summed E-state index contributed by atoms with van der Waals surface area (Å²) in [4.78, 5) is 43.6. The third kappa shape index (κ3) is 4.89. The summed E-state index contributed by atoms with van der Waals surface area (Å²) in [6.07, 6.45) is 3.93. The Labute approximate surface area is 209 Å². The Bertz CT molecular complexity index is 1070. The Morgan fingerprint density at radius 2 is 1.74 bits per heavy atom. The minimum atomic E-state index is -0.287. The van der Waals surface area contributed by atoms with Gasteiger partial charge in [-0.05, 0) is 44.4 Å². The van der Waals surface area contributed by atoms with Crippen molar-refractivity contribution in [3.8, 4) is 0 Å². The van der Waals surface area contributed by atoms with E-state index in [1.54, 1.807) is 4.90 Å². The molecule has 0 N–H and O–H groups in total. The molecule has 5 rings (SSSR count). The summed E-state index contributed by atoms with van der Waals surface area (Å²) in [7, 11) is 0. The number of carbonyl (C=O) groups is 2. The second kappa shape index (κ2) is 9.90. The summed E-state index contributed by atoms with van der Waals surface area (Å²) in [6.45, 7) is 7.25. The molecule has 3 aliphatic rings.